The predicted molar refractivity (Wildman–Crippen MR) is 112 cm³/mol. The quantitative estimate of drug-likeness (QED) is 0.333. The molecule has 0 atom stereocenters. The summed E-state index contributed by atoms with van der Waals surface area (Å²) >= 11 is 0. The summed E-state index contributed by atoms with van der Waals surface area (Å²) in [4.78, 5) is 21.2. The maximum Gasteiger partial charge on any atom is 0.238 e. The van der Waals surface area contributed by atoms with Gasteiger partial charge in [-0.25, -0.2) is 9.97 Å². The Kier molecular flexibility index (Phi) is 5.29. The van der Waals surface area contributed by atoms with E-state index in [4.69, 9.17) is 9.47 Å². The SMILES string of the molecule is COc1ccccc1/C=C/C(=O)c1ccc(Oc2cnc3ccccc3n2)cc1. The second kappa shape index (κ2) is 8.35. The van der Waals surface area contributed by atoms with Crippen molar-refractivity contribution >= 4 is 22.9 Å². The van der Waals surface area contributed by atoms with E-state index in [0.717, 1.165) is 22.3 Å². The molecule has 0 unspecified atom stereocenters. The van der Waals surface area contributed by atoms with Crippen molar-refractivity contribution in [1.29, 1.82) is 0 Å². The highest BCUT2D eigenvalue weighted by Gasteiger charge is 2.06. The number of allylic oxidation sites excluding steroid dienone is 1. The zero-order chi connectivity index (χ0) is 20.1. The molecule has 0 saturated heterocycles. The Labute approximate surface area is 168 Å². The van der Waals surface area contributed by atoms with Crippen LogP contribution in [0.1, 0.15) is 15.9 Å². The number of para-hydroxylation sites is 3. The summed E-state index contributed by atoms with van der Waals surface area (Å²) in [5.41, 5.74) is 2.98. The number of hydrogen-bond donors (Lipinski definition) is 0. The zero-order valence-electron chi connectivity index (χ0n) is 15.8. The third-order valence-electron chi connectivity index (χ3n) is 4.34. The monoisotopic (exact) mass is 382 g/mol. The molecule has 5 nitrogen and oxygen atoms in total. The first-order chi connectivity index (χ1) is 14.2. The van der Waals surface area contributed by atoms with E-state index in [2.05, 4.69) is 9.97 Å². The van der Waals surface area contributed by atoms with E-state index < -0.39 is 0 Å². The van der Waals surface area contributed by atoms with Gasteiger partial charge in [-0.1, -0.05) is 30.3 Å². The van der Waals surface area contributed by atoms with Crippen molar-refractivity contribution in [2.45, 2.75) is 0 Å². The molecule has 0 aliphatic rings. The van der Waals surface area contributed by atoms with E-state index in [1.807, 2.05) is 48.5 Å². The van der Waals surface area contributed by atoms with Crippen LogP contribution in [0.2, 0.25) is 0 Å². The van der Waals surface area contributed by atoms with Crippen LogP contribution in [0.3, 0.4) is 0 Å². The van der Waals surface area contributed by atoms with Crippen molar-refractivity contribution in [2.24, 2.45) is 0 Å². The molecule has 29 heavy (non-hydrogen) atoms. The highest BCUT2D eigenvalue weighted by molar-refractivity contribution is 6.07. The van der Waals surface area contributed by atoms with Crippen LogP contribution in [-0.2, 0) is 0 Å². The van der Waals surface area contributed by atoms with Gasteiger partial charge in [-0.05, 0) is 54.6 Å². The van der Waals surface area contributed by atoms with Gasteiger partial charge < -0.3 is 9.47 Å². The molecule has 0 saturated carbocycles. The normalized spacial score (nSPS) is 10.9. The molecule has 4 aromatic rings. The molecule has 4 rings (SSSR count). The highest BCUT2D eigenvalue weighted by atomic mass is 16.5. The van der Waals surface area contributed by atoms with Crippen LogP contribution in [0.4, 0.5) is 0 Å². The summed E-state index contributed by atoms with van der Waals surface area (Å²) in [7, 11) is 1.60. The Balaban J connectivity index is 1.46. The number of ether oxygens (including phenoxy) is 2. The fourth-order valence-electron chi connectivity index (χ4n) is 2.86. The van der Waals surface area contributed by atoms with E-state index >= 15 is 0 Å². The summed E-state index contributed by atoms with van der Waals surface area (Å²) in [5, 5.41) is 0. The Morgan fingerprint density at radius 3 is 2.41 bits per heavy atom. The molecule has 1 aromatic heterocycles. The minimum atomic E-state index is -0.104. The Morgan fingerprint density at radius 2 is 1.62 bits per heavy atom. The number of carbonyl (C=O) groups is 1. The topological polar surface area (TPSA) is 61.3 Å². The number of ketones is 1. The molecule has 3 aromatic carbocycles. The lowest BCUT2D eigenvalue weighted by Crippen LogP contribution is -1.95. The van der Waals surface area contributed by atoms with E-state index in [9.17, 15) is 4.79 Å². The third kappa shape index (κ3) is 4.30. The molecule has 0 amide bonds. The van der Waals surface area contributed by atoms with Gasteiger partial charge in [-0.3, -0.25) is 4.79 Å². The number of rotatable bonds is 6. The van der Waals surface area contributed by atoms with Crippen molar-refractivity contribution in [3.63, 3.8) is 0 Å². The van der Waals surface area contributed by atoms with E-state index in [0.29, 0.717) is 17.2 Å². The van der Waals surface area contributed by atoms with Crippen LogP contribution in [0.15, 0.2) is 85.1 Å². The van der Waals surface area contributed by atoms with Gasteiger partial charge in [-0.15, -0.1) is 0 Å². The van der Waals surface area contributed by atoms with Crippen molar-refractivity contribution in [1.82, 2.24) is 9.97 Å². The van der Waals surface area contributed by atoms with Crippen LogP contribution >= 0.6 is 0 Å². The summed E-state index contributed by atoms with van der Waals surface area (Å²) in [6, 6.07) is 22.0. The van der Waals surface area contributed by atoms with Crippen molar-refractivity contribution in [3.8, 4) is 17.4 Å². The lowest BCUT2D eigenvalue weighted by Gasteiger charge is -2.06. The summed E-state index contributed by atoms with van der Waals surface area (Å²) in [6.45, 7) is 0. The lowest BCUT2D eigenvalue weighted by molar-refractivity contribution is 0.104. The minimum absolute atomic E-state index is 0.104. The zero-order valence-corrected chi connectivity index (χ0v) is 15.8. The molecule has 0 radical (unpaired) electrons. The molecule has 0 aliphatic heterocycles. The fourth-order valence-corrected chi connectivity index (χ4v) is 2.86. The second-order valence-corrected chi connectivity index (χ2v) is 6.26. The second-order valence-electron chi connectivity index (χ2n) is 6.26. The number of benzene rings is 3. The van der Waals surface area contributed by atoms with E-state index in [1.165, 1.54) is 6.08 Å². The predicted octanol–water partition coefficient (Wildman–Crippen LogP) is 5.33. The first kappa shape index (κ1) is 18.4. The maximum absolute atomic E-state index is 12.4. The van der Waals surface area contributed by atoms with Crippen molar-refractivity contribution < 1.29 is 14.3 Å². The van der Waals surface area contributed by atoms with Gasteiger partial charge in [0, 0.05) is 11.1 Å². The Morgan fingerprint density at radius 1 is 0.897 bits per heavy atom. The van der Waals surface area contributed by atoms with Crippen molar-refractivity contribution in [2.75, 3.05) is 7.11 Å². The molecular formula is C24H18N2O3. The molecule has 142 valence electrons. The smallest absolute Gasteiger partial charge is 0.238 e. The summed E-state index contributed by atoms with van der Waals surface area (Å²) in [5.74, 6) is 1.60. The van der Waals surface area contributed by atoms with Gasteiger partial charge in [0.25, 0.3) is 0 Å². The molecule has 1 heterocycles. The third-order valence-corrected chi connectivity index (χ3v) is 4.34. The summed E-state index contributed by atoms with van der Waals surface area (Å²) in [6.07, 6.45) is 4.86. The standard InChI is InChI=1S/C24H18N2O3/c1-28-23-9-5-2-6-18(23)12-15-22(27)17-10-13-19(14-11-17)29-24-16-25-20-7-3-4-8-21(20)26-24/h2-16H,1H3/b15-12+. The van der Waals surface area contributed by atoms with Crippen LogP contribution in [0, 0.1) is 0 Å². The molecule has 5 heteroatoms. The van der Waals surface area contributed by atoms with Gasteiger partial charge >= 0.3 is 0 Å². The maximum atomic E-state index is 12.4. The molecular weight excluding hydrogens is 364 g/mol. The van der Waals surface area contributed by atoms with Crippen LogP contribution in [-0.4, -0.2) is 22.9 Å². The number of methoxy groups -OCH3 is 1. The van der Waals surface area contributed by atoms with Crippen LogP contribution in [0.5, 0.6) is 17.4 Å². The first-order valence-corrected chi connectivity index (χ1v) is 9.08. The molecule has 0 spiro atoms. The van der Waals surface area contributed by atoms with Crippen LogP contribution in [0.25, 0.3) is 17.1 Å². The van der Waals surface area contributed by atoms with Gasteiger partial charge in [0.1, 0.15) is 11.5 Å². The molecule has 0 aliphatic carbocycles. The molecule has 0 fully saturated rings. The number of nitrogens with zero attached hydrogens (tertiary/aromatic N) is 2. The largest absolute Gasteiger partial charge is 0.496 e. The Hall–Kier alpha value is -3.99. The van der Waals surface area contributed by atoms with Crippen molar-refractivity contribution in [3.05, 3.63) is 96.2 Å². The average molecular weight is 382 g/mol. The first-order valence-electron chi connectivity index (χ1n) is 9.08. The molecule has 0 bridgehead atoms. The van der Waals surface area contributed by atoms with Crippen LogP contribution < -0.4 is 9.47 Å². The summed E-state index contributed by atoms with van der Waals surface area (Å²) < 4.78 is 11.1. The van der Waals surface area contributed by atoms with Gasteiger partial charge in [0.15, 0.2) is 5.78 Å². The number of carbonyl (C=O) groups excluding carboxylic acids is 1. The minimum Gasteiger partial charge on any atom is -0.496 e. The van der Waals surface area contributed by atoms with Gasteiger partial charge in [-0.2, -0.15) is 0 Å². The highest BCUT2D eigenvalue weighted by Crippen LogP contribution is 2.22. The fraction of sp³-hybridized carbons (Fsp3) is 0.0417. The average Bonchev–Trinajstić information content (AvgIpc) is 2.78. The molecule has 0 N–H and O–H groups in total. The van der Waals surface area contributed by atoms with Gasteiger partial charge in [0.05, 0.1) is 24.3 Å². The Bertz CT molecular complexity index is 1180. The van der Waals surface area contributed by atoms with Gasteiger partial charge in [0.2, 0.25) is 5.88 Å². The van der Waals surface area contributed by atoms with E-state index in [-0.39, 0.29) is 5.78 Å². The number of aromatic nitrogens is 2. The number of hydrogen-bond acceptors (Lipinski definition) is 5. The number of fused-ring (bicyclic) bond motifs is 1. The lowest BCUT2D eigenvalue weighted by atomic mass is 10.1. The van der Waals surface area contributed by atoms with E-state index in [1.54, 1.807) is 43.6 Å².